The summed E-state index contributed by atoms with van der Waals surface area (Å²) in [5.41, 5.74) is 5.20. The number of methoxy groups -OCH3 is 1. The molecule has 5 rings (SSSR count). The first-order chi connectivity index (χ1) is 12.3. The van der Waals surface area contributed by atoms with Crippen molar-refractivity contribution in [2.24, 2.45) is 0 Å². The Balaban J connectivity index is 1.71. The minimum Gasteiger partial charge on any atom is -0.497 e. The third-order valence-electron chi connectivity index (χ3n) is 4.74. The zero-order valence-corrected chi connectivity index (χ0v) is 13.9. The van der Waals surface area contributed by atoms with Crippen molar-refractivity contribution >= 4 is 5.65 Å². The van der Waals surface area contributed by atoms with E-state index in [2.05, 4.69) is 32.8 Å². The van der Waals surface area contributed by atoms with Gasteiger partial charge in [0, 0.05) is 30.3 Å². The molecule has 0 fully saturated rings. The number of ether oxygens (including phenoxy) is 1. The van der Waals surface area contributed by atoms with Gasteiger partial charge in [-0.2, -0.15) is 5.10 Å². The lowest BCUT2D eigenvalue weighted by Gasteiger charge is -2.09. The van der Waals surface area contributed by atoms with Gasteiger partial charge in [0.15, 0.2) is 5.65 Å². The lowest BCUT2D eigenvalue weighted by atomic mass is 10.1. The number of benzene rings is 1. The fourth-order valence-electron chi connectivity index (χ4n) is 3.53. The molecule has 124 valence electrons. The smallest absolute Gasteiger partial charge is 0.155 e. The second-order valence-corrected chi connectivity index (χ2v) is 6.19. The maximum Gasteiger partial charge on any atom is 0.155 e. The third kappa shape index (κ3) is 2.21. The number of rotatable bonds is 3. The number of pyridine rings is 1. The van der Waals surface area contributed by atoms with Crippen LogP contribution in [0.1, 0.15) is 12.2 Å². The van der Waals surface area contributed by atoms with Crippen LogP contribution in [-0.4, -0.2) is 31.3 Å². The number of fused-ring (bicyclic) bond motifs is 2. The van der Waals surface area contributed by atoms with E-state index >= 15 is 0 Å². The third-order valence-corrected chi connectivity index (χ3v) is 4.74. The maximum absolute atomic E-state index is 5.28. The molecule has 0 amide bonds. The van der Waals surface area contributed by atoms with Gasteiger partial charge in [0.05, 0.1) is 18.5 Å². The minimum absolute atomic E-state index is 0.843. The fraction of sp³-hybridized carbons (Fsp3) is 0.211. The lowest BCUT2D eigenvalue weighted by molar-refractivity contribution is 0.415. The number of hydrogen-bond acceptors (Lipinski definition) is 4. The molecule has 1 aliphatic rings. The molecule has 1 aromatic carbocycles. The van der Waals surface area contributed by atoms with Crippen LogP contribution in [0.5, 0.6) is 5.75 Å². The zero-order valence-electron chi connectivity index (χ0n) is 13.9. The van der Waals surface area contributed by atoms with E-state index < -0.39 is 0 Å². The Morgan fingerprint density at radius 2 is 1.88 bits per heavy atom. The summed E-state index contributed by atoms with van der Waals surface area (Å²) < 4.78 is 9.41. The van der Waals surface area contributed by atoms with E-state index in [4.69, 9.17) is 9.72 Å². The Kier molecular flexibility index (Phi) is 3.09. The van der Waals surface area contributed by atoms with E-state index in [9.17, 15) is 0 Å². The van der Waals surface area contributed by atoms with E-state index in [1.54, 1.807) is 13.4 Å². The minimum atomic E-state index is 0.843. The predicted molar refractivity (Wildman–Crippen MR) is 94.5 cm³/mol. The van der Waals surface area contributed by atoms with Gasteiger partial charge in [0.2, 0.25) is 0 Å². The largest absolute Gasteiger partial charge is 0.497 e. The molecule has 0 N–H and O–H groups in total. The molecular weight excluding hydrogens is 314 g/mol. The van der Waals surface area contributed by atoms with Crippen molar-refractivity contribution in [1.82, 2.24) is 24.1 Å². The highest BCUT2D eigenvalue weighted by Crippen LogP contribution is 2.36. The molecule has 1 aliphatic heterocycles. The molecule has 0 saturated heterocycles. The Labute approximate surface area is 144 Å². The Morgan fingerprint density at radius 1 is 1.04 bits per heavy atom. The summed E-state index contributed by atoms with van der Waals surface area (Å²) in [7, 11) is 1.68. The molecule has 4 heterocycles. The second-order valence-electron chi connectivity index (χ2n) is 6.19. The molecule has 0 spiro atoms. The van der Waals surface area contributed by atoms with Gasteiger partial charge >= 0.3 is 0 Å². The number of aryl methyl sites for hydroxylation is 1. The van der Waals surface area contributed by atoms with Crippen molar-refractivity contribution in [2.75, 3.05) is 7.11 Å². The molecule has 0 radical (unpaired) electrons. The Hall–Kier alpha value is -3.15. The number of imidazole rings is 1. The van der Waals surface area contributed by atoms with Crippen LogP contribution in [0, 0.1) is 0 Å². The first kappa shape index (κ1) is 14.2. The van der Waals surface area contributed by atoms with Crippen molar-refractivity contribution in [1.29, 1.82) is 0 Å². The molecular formula is C19H17N5O. The van der Waals surface area contributed by atoms with Crippen LogP contribution in [0.3, 0.4) is 0 Å². The molecule has 0 saturated carbocycles. The molecule has 4 aromatic rings. The standard InChI is InChI=1S/C19H17N5O/c1-25-15-7-4-13(5-8-15)18-19(23-10-2-3-17(23)22-18)14-6-9-16-20-12-21-24(16)11-14/h4-9,11-12H,2-3,10H2,1H3. The molecule has 25 heavy (non-hydrogen) atoms. The summed E-state index contributed by atoms with van der Waals surface area (Å²) in [6, 6.07) is 12.2. The number of aromatic nitrogens is 5. The molecule has 3 aromatic heterocycles. The highest BCUT2D eigenvalue weighted by Gasteiger charge is 2.23. The number of hydrogen-bond donors (Lipinski definition) is 0. The van der Waals surface area contributed by atoms with Crippen LogP contribution in [0.15, 0.2) is 48.9 Å². The first-order valence-corrected chi connectivity index (χ1v) is 8.37. The van der Waals surface area contributed by atoms with E-state index in [0.717, 1.165) is 59.1 Å². The Morgan fingerprint density at radius 3 is 2.72 bits per heavy atom. The normalized spacial score (nSPS) is 13.3. The van der Waals surface area contributed by atoms with Crippen LogP contribution in [0.25, 0.3) is 28.2 Å². The fourth-order valence-corrected chi connectivity index (χ4v) is 3.53. The molecule has 0 unspecified atom stereocenters. The summed E-state index contributed by atoms with van der Waals surface area (Å²) >= 11 is 0. The van der Waals surface area contributed by atoms with E-state index in [1.807, 2.05) is 28.9 Å². The summed E-state index contributed by atoms with van der Waals surface area (Å²) in [5.74, 6) is 2.00. The molecule has 0 atom stereocenters. The summed E-state index contributed by atoms with van der Waals surface area (Å²) in [5, 5.41) is 4.27. The van der Waals surface area contributed by atoms with Gasteiger partial charge in [-0.05, 0) is 42.8 Å². The molecule has 6 heteroatoms. The zero-order chi connectivity index (χ0) is 16.8. The molecule has 6 nitrogen and oxygen atoms in total. The van der Waals surface area contributed by atoms with Crippen molar-refractivity contribution in [2.45, 2.75) is 19.4 Å². The van der Waals surface area contributed by atoms with Crippen LogP contribution in [0.4, 0.5) is 0 Å². The summed E-state index contributed by atoms with van der Waals surface area (Å²) in [6.45, 7) is 1.00. The van der Waals surface area contributed by atoms with Gasteiger partial charge in [-0.3, -0.25) is 0 Å². The van der Waals surface area contributed by atoms with Gasteiger partial charge in [0.1, 0.15) is 17.9 Å². The van der Waals surface area contributed by atoms with Crippen LogP contribution >= 0.6 is 0 Å². The van der Waals surface area contributed by atoms with Crippen molar-refractivity contribution in [3.63, 3.8) is 0 Å². The van der Waals surface area contributed by atoms with E-state index in [-0.39, 0.29) is 0 Å². The van der Waals surface area contributed by atoms with E-state index in [0.29, 0.717) is 0 Å². The van der Waals surface area contributed by atoms with Crippen molar-refractivity contribution < 1.29 is 4.74 Å². The van der Waals surface area contributed by atoms with Crippen molar-refractivity contribution in [3.8, 4) is 28.3 Å². The topological polar surface area (TPSA) is 57.2 Å². The highest BCUT2D eigenvalue weighted by atomic mass is 16.5. The van der Waals surface area contributed by atoms with Gasteiger partial charge < -0.3 is 9.30 Å². The van der Waals surface area contributed by atoms with E-state index in [1.165, 1.54) is 0 Å². The SMILES string of the molecule is COc1ccc(-c2nc3n(c2-c2ccc4ncnn4c2)CCC3)cc1. The van der Waals surface area contributed by atoms with Crippen LogP contribution in [0.2, 0.25) is 0 Å². The van der Waals surface area contributed by atoms with Gasteiger partial charge in [-0.1, -0.05) is 0 Å². The van der Waals surface area contributed by atoms with Crippen LogP contribution in [-0.2, 0) is 13.0 Å². The average molecular weight is 331 g/mol. The second kappa shape index (κ2) is 5.44. The Bertz CT molecular complexity index is 1060. The average Bonchev–Trinajstić information content (AvgIpc) is 3.36. The van der Waals surface area contributed by atoms with Gasteiger partial charge in [-0.25, -0.2) is 14.5 Å². The van der Waals surface area contributed by atoms with Gasteiger partial charge in [-0.15, -0.1) is 0 Å². The number of nitrogens with zero attached hydrogens (tertiary/aromatic N) is 5. The monoisotopic (exact) mass is 331 g/mol. The van der Waals surface area contributed by atoms with Crippen LogP contribution < -0.4 is 4.74 Å². The van der Waals surface area contributed by atoms with Crippen molar-refractivity contribution in [3.05, 3.63) is 54.7 Å². The van der Waals surface area contributed by atoms with Gasteiger partial charge in [0.25, 0.3) is 0 Å². The summed E-state index contributed by atoms with van der Waals surface area (Å²) in [6.07, 6.45) is 5.76. The summed E-state index contributed by atoms with van der Waals surface area (Å²) in [4.78, 5) is 9.17. The predicted octanol–water partition coefficient (Wildman–Crippen LogP) is 3.21. The molecule has 0 aliphatic carbocycles. The quantitative estimate of drug-likeness (QED) is 0.578. The molecule has 0 bridgehead atoms. The highest BCUT2D eigenvalue weighted by molar-refractivity contribution is 5.79. The maximum atomic E-state index is 5.28. The first-order valence-electron chi connectivity index (χ1n) is 8.37. The lowest BCUT2D eigenvalue weighted by Crippen LogP contribution is -1.98.